The summed E-state index contributed by atoms with van der Waals surface area (Å²) < 4.78 is 2.01. The number of hydrogen-bond donors (Lipinski definition) is 2. The van der Waals surface area contributed by atoms with Crippen molar-refractivity contribution in [3.63, 3.8) is 0 Å². The van der Waals surface area contributed by atoms with Gasteiger partial charge < -0.3 is 4.98 Å². The molecular formula is C22H28ClN6O+. The predicted octanol–water partition coefficient (Wildman–Crippen LogP) is 4.51. The Labute approximate surface area is 181 Å². The number of allylic oxidation sites excluding steroid dienone is 1. The lowest BCUT2D eigenvalue weighted by molar-refractivity contribution is -0.840. The van der Waals surface area contributed by atoms with Crippen LogP contribution in [0.25, 0.3) is 16.7 Å². The normalized spacial score (nSPS) is 25.4. The fourth-order valence-electron chi connectivity index (χ4n) is 4.84. The topological polar surface area (TPSA) is 73.9 Å². The van der Waals surface area contributed by atoms with Crippen LogP contribution < -0.4 is 5.32 Å². The maximum atomic E-state index is 13.7. The highest BCUT2D eigenvalue weighted by Gasteiger charge is 2.68. The number of pyridine rings is 1. The monoisotopic (exact) mass is 427 g/mol. The fourth-order valence-corrected chi connectivity index (χ4v) is 5.04. The van der Waals surface area contributed by atoms with Crippen LogP contribution in [-0.4, -0.2) is 48.5 Å². The van der Waals surface area contributed by atoms with Gasteiger partial charge in [-0.15, -0.1) is 0 Å². The summed E-state index contributed by atoms with van der Waals surface area (Å²) in [6, 6.07) is 3.91. The summed E-state index contributed by atoms with van der Waals surface area (Å²) in [5, 5.41) is 3.20. The molecule has 2 aliphatic heterocycles. The third-order valence-electron chi connectivity index (χ3n) is 6.99. The summed E-state index contributed by atoms with van der Waals surface area (Å²) in [6.45, 7) is 9.89. The van der Waals surface area contributed by atoms with E-state index in [1.165, 1.54) is 0 Å². The first-order valence-corrected chi connectivity index (χ1v) is 11.0. The Morgan fingerprint density at radius 3 is 2.80 bits per heavy atom. The molecule has 30 heavy (non-hydrogen) atoms. The van der Waals surface area contributed by atoms with Crippen molar-refractivity contribution in [3.05, 3.63) is 41.2 Å². The Morgan fingerprint density at radius 1 is 1.37 bits per heavy atom. The molecule has 1 aliphatic carbocycles. The van der Waals surface area contributed by atoms with E-state index in [0.717, 1.165) is 59.8 Å². The van der Waals surface area contributed by atoms with E-state index in [1.54, 1.807) is 10.6 Å². The second kappa shape index (κ2) is 6.56. The van der Waals surface area contributed by atoms with Crippen LogP contribution in [0.4, 0.5) is 4.79 Å². The quantitative estimate of drug-likeness (QED) is 0.544. The van der Waals surface area contributed by atoms with E-state index < -0.39 is 0 Å². The predicted molar refractivity (Wildman–Crippen MR) is 117 cm³/mol. The fraction of sp³-hybridized carbons (Fsp3) is 0.500. The molecule has 7 nitrogen and oxygen atoms in total. The highest BCUT2D eigenvalue weighted by molar-refractivity contribution is 6.15. The van der Waals surface area contributed by atoms with Gasteiger partial charge in [-0.2, -0.15) is 0 Å². The molecule has 2 fully saturated rings. The summed E-state index contributed by atoms with van der Waals surface area (Å²) in [6.07, 6.45) is 4.78. The molecule has 5 rings (SSSR count). The number of hydrogen-bond acceptors (Lipinski definition) is 4. The Balaban J connectivity index is 1.77. The van der Waals surface area contributed by atoms with Crippen molar-refractivity contribution < 1.29 is 9.28 Å². The van der Waals surface area contributed by atoms with Gasteiger partial charge in [0.15, 0.2) is 11.3 Å². The number of carbonyl (C=O) groups excluding carboxylic acids is 1. The molecule has 2 aromatic rings. The molecule has 3 aliphatic rings. The summed E-state index contributed by atoms with van der Waals surface area (Å²) in [5.41, 5.74) is 5.18. The number of aromatic amines is 1. The van der Waals surface area contributed by atoms with E-state index in [4.69, 9.17) is 16.8 Å². The minimum absolute atomic E-state index is 0.0544. The molecule has 1 saturated heterocycles. The van der Waals surface area contributed by atoms with Crippen molar-refractivity contribution in [3.8, 4) is 0 Å². The van der Waals surface area contributed by atoms with Crippen LogP contribution in [0.3, 0.4) is 0 Å². The molecule has 2 amide bonds. The van der Waals surface area contributed by atoms with Crippen LogP contribution in [0.1, 0.15) is 52.8 Å². The number of urea groups is 1. The van der Waals surface area contributed by atoms with Crippen molar-refractivity contribution in [1.29, 1.82) is 0 Å². The van der Waals surface area contributed by atoms with E-state index in [1.807, 2.05) is 19.1 Å². The Kier molecular flexibility index (Phi) is 4.28. The number of fused-ring (bicyclic) bond motifs is 2. The van der Waals surface area contributed by atoms with Crippen LogP contribution >= 0.6 is 11.8 Å². The zero-order valence-electron chi connectivity index (χ0n) is 17.9. The molecule has 1 unspecified atom stereocenters. The van der Waals surface area contributed by atoms with Gasteiger partial charge >= 0.3 is 6.03 Å². The van der Waals surface area contributed by atoms with Crippen LogP contribution in [-0.2, 0) is 0 Å². The molecule has 0 spiro atoms. The molecule has 2 aromatic heterocycles. The van der Waals surface area contributed by atoms with Crippen LogP contribution in [0.15, 0.2) is 35.4 Å². The molecule has 0 bridgehead atoms. The molecular weight excluding hydrogens is 400 g/mol. The lowest BCUT2D eigenvalue weighted by atomic mass is 9.99. The van der Waals surface area contributed by atoms with Crippen molar-refractivity contribution >= 4 is 34.5 Å². The number of aromatic nitrogens is 3. The number of amides is 2. The van der Waals surface area contributed by atoms with Crippen molar-refractivity contribution in [1.82, 2.24) is 24.7 Å². The maximum absolute atomic E-state index is 13.7. The number of halogens is 1. The van der Waals surface area contributed by atoms with Crippen LogP contribution in [0, 0.1) is 5.92 Å². The first kappa shape index (κ1) is 19.6. The van der Waals surface area contributed by atoms with Gasteiger partial charge in [0, 0.05) is 30.8 Å². The van der Waals surface area contributed by atoms with Gasteiger partial charge in [-0.05, 0) is 38.3 Å². The number of rotatable bonds is 5. The number of quaternary nitrogens is 1. The summed E-state index contributed by atoms with van der Waals surface area (Å²) in [4.78, 5) is 26.2. The third kappa shape index (κ3) is 2.65. The largest absolute Gasteiger partial charge is 0.426 e. The number of carbonyl (C=O) groups is 1. The van der Waals surface area contributed by atoms with Gasteiger partial charge in [-0.1, -0.05) is 13.8 Å². The van der Waals surface area contributed by atoms with Crippen molar-refractivity contribution in [2.45, 2.75) is 52.5 Å². The summed E-state index contributed by atoms with van der Waals surface area (Å²) >= 11 is 6.60. The lowest BCUT2D eigenvalue weighted by Crippen LogP contribution is -2.58. The Hall–Kier alpha value is -2.38. The molecule has 1 atom stereocenters. The average Bonchev–Trinajstić information content (AvgIpc) is 3.20. The first-order valence-electron chi connectivity index (χ1n) is 10.7. The van der Waals surface area contributed by atoms with Gasteiger partial charge in [0.2, 0.25) is 0 Å². The molecule has 8 heteroatoms. The van der Waals surface area contributed by atoms with E-state index in [0.29, 0.717) is 22.6 Å². The average molecular weight is 428 g/mol. The lowest BCUT2D eigenvalue weighted by Gasteiger charge is -2.39. The Morgan fingerprint density at radius 2 is 2.13 bits per heavy atom. The van der Waals surface area contributed by atoms with E-state index >= 15 is 0 Å². The smallest absolute Gasteiger partial charge is 0.337 e. The Bertz CT molecular complexity index is 1080. The standard InChI is InChI=1S/C22H27ClN6O/c1-13(2)7-11-29(22(4)8-9-22)18-15(12-28(23)14(3)17(18)26-21(29)30)19-25-16-6-5-10-24-20(16)27-19/h5-6,10,13H,7-9,11-12H2,1-4H3,(H-,24,25,26,27,30)/p+1. The molecule has 1 saturated carbocycles. The zero-order valence-corrected chi connectivity index (χ0v) is 18.7. The summed E-state index contributed by atoms with van der Waals surface area (Å²) in [5.74, 6) is 1.25. The van der Waals surface area contributed by atoms with E-state index in [-0.39, 0.29) is 11.6 Å². The van der Waals surface area contributed by atoms with Gasteiger partial charge in [-0.25, -0.2) is 19.2 Å². The maximum Gasteiger partial charge on any atom is 0.426 e. The van der Waals surface area contributed by atoms with Gasteiger partial charge in [0.1, 0.15) is 17.1 Å². The SMILES string of the molecule is CC1=C2NC(=O)[N+](CCC(C)C)(C3(C)CC3)C2=C(c2nc3ncccc3[nH]2)CN1Cl. The van der Waals surface area contributed by atoms with E-state index in [2.05, 4.69) is 36.1 Å². The number of imidazole rings is 1. The van der Waals surface area contributed by atoms with Crippen molar-refractivity contribution in [2.75, 3.05) is 13.1 Å². The minimum Gasteiger partial charge on any atom is -0.337 e. The number of nitrogens with zero attached hydrogens (tertiary/aromatic N) is 4. The second-order valence-electron chi connectivity index (χ2n) is 9.41. The molecule has 0 radical (unpaired) electrons. The molecule has 4 heterocycles. The summed E-state index contributed by atoms with van der Waals surface area (Å²) in [7, 11) is 0. The third-order valence-corrected chi connectivity index (χ3v) is 7.36. The second-order valence-corrected chi connectivity index (χ2v) is 9.82. The van der Waals surface area contributed by atoms with Gasteiger partial charge in [-0.3, -0.25) is 9.74 Å². The number of nitrogens with one attached hydrogen (secondary N) is 2. The van der Waals surface area contributed by atoms with Crippen molar-refractivity contribution in [2.24, 2.45) is 5.92 Å². The van der Waals surface area contributed by atoms with Gasteiger partial charge in [0.25, 0.3) is 0 Å². The molecule has 158 valence electrons. The van der Waals surface area contributed by atoms with Crippen LogP contribution in [0.2, 0.25) is 0 Å². The minimum atomic E-state index is -0.0969. The zero-order chi connectivity index (χ0) is 21.3. The molecule has 2 N–H and O–H groups in total. The van der Waals surface area contributed by atoms with Crippen LogP contribution in [0.5, 0.6) is 0 Å². The highest BCUT2D eigenvalue weighted by Crippen LogP contribution is 2.56. The molecule has 0 aromatic carbocycles. The van der Waals surface area contributed by atoms with Gasteiger partial charge in [0.05, 0.1) is 29.9 Å². The number of H-pyrrole nitrogens is 1. The van der Waals surface area contributed by atoms with E-state index in [9.17, 15) is 4.79 Å². The highest BCUT2D eigenvalue weighted by atomic mass is 35.5. The first-order chi connectivity index (χ1) is 14.3.